The van der Waals surface area contributed by atoms with Gasteiger partial charge in [-0.1, -0.05) is 0 Å². The van der Waals surface area contributed by atoms with Gasteiger partial charge in [0.2, 0.25) is 23.6 Å². The lowest BCUT2D eigenvalue weighted by molar-refractivity contribution is -0.129. The Balaban J connectivity index is 3.88. The first-order chi connectivity index (χ1) is 16.3. The number of amides is 4. The van der Waals surface area contributed by atoms with Crippen LogP contribution in [0.4, 0.5) is 0 Å². The molecule has 0 heterocycles. The summed E-state index contributed by atoms with van der Waals surface area (Å²) in [7, 11) is 1.84. The maximum atomic E-state index is 12.1. The first kappa shape index (κ1) is 31.4. The quantitative estimate of drug-likeness (QED) is 0.118. The molecule has 0 aromatic carbocycles. The number of ether oxygens (including phenoxy) is 2. The summed E-state index contributed by atoms with van der Waals surface area (Å²) in [6, 6.07) is -0.840. The maximum Gasteiger partial charge on any atom is 0.239 e. The summed E-state index contributed by atoms with van der Waals surface area (Å²) >= 11 is 0. The fraction of sp³-hybridized carbons (Fsp3) is 0.773. The molecule has 4 amide bonds. The first-order valence-corrected chi connectivity index (χ1v) is 11.7. The third-order valence-corrected chi connectivity index (χ3v) is 4.64. The summed E-state index contributed by atoms with van der Waals surface area (Å²) in [5.41, 5.74) is 5.35. The maximum absolute atomic E-state index is 12.1. The number of Topliss-reactive ketones (excluding diaryl/α,β-unsaturated/α-hetero) is 1. The van der Waals surface area contributed by atoms with Crippen molar-refractivity contribution in [1.29, 1.82) is 0 Å². The molecule has 0 aromatic rings. The van der Waals surface area contributed by atoms with Crippen LogP contribution in [0.15, 0.2) is 0 Å². The van der Waals surface area contributed by atoms with Crippen LogP contribution in [0.25, 0.3) is 0 Å². The predicted molar refractivity (Wildman–Crippen MR) is 126 cm³/mol. The van der Waals surface area contributed by atoms with Crippen LogP contribution in [-0.4, -0.2) is 88.6 Å². The van der Waals surface area contributed by atoms with E-state index in [0.29, 0.717) is 58.8 Å². The van der Waals surface area contributed by atoms with Crippen LogP contribution in [0.5, 0.6) is 0 Å². The number of ketones is 1. The van der Waals surface area contributed by atoms with Gasteiger partial charge in [0.25, 0.3) is 0 Å². The molecule has 1 atom stereocenters. The molecule has 0 bridgehead atoms. The predicted octanol–water partition coefficient (Wildman–Crippen LogP) is -1.24. The number of likely N-dealkylation sites (N-methyl/N-ethyl adjacent to an activating group) is 1. The van der Waals surface area contributed by atoms with Gasteiger partial charge in [0.1, 0.15) is 11.8 Å². The van der Waals surface area contributed by atoms with Gasteiger partial charge in [-0.15, -0.1) is 0 Å². The fourth-order valence-electron chi connectivity index (χ4n) is 2.71. The summed E-state index contributed by atoms with van der Waals surface area (Å²) in [6.07, 6.45) is 1.76. The number of carbonyl (C=O) groups is 5. The number of nitrogens with one attached hydrogen (secondary N) is 4. The van der Waals surface area contributed by atoms with Gasteiger partial charge in [0.15, 0.2) is 0 Å². The van der Waals surface area contributed by atoms with Gasteiger partial charge in [0.05, 0.1) is 26.4 Å². The van der Waals surface area contributed by atoms with Crippen molar-refractivity contribution >= 4 is 29.4 Å². The standard InChI is InChI=1S/C22H41N5O7/c1-17(28)6-7-19(29)25-10-4-3-5-18(22(23)32)27-21(31)9-8-20(30)26-12-14-34-16-15-33-13-11-24-2/h18,24H,3-16H2,1-2H3,(H2,23,32)(H,25,29)(H,26,30)(H,27,31)/t18-/m0/s1. The molecule has 6 N–H and O–H groups in total. The van der Waals surface area contributed by atoms with Crippen molar-refractivity contribution in [1.82, 2.24) is 21.3 Å². The van der Waals surface area contributed by atoms with E-state index >= 15 is 0 Å². The van der Waals surface area contributed by atoms with Crippen molar-refractivity contribution in [2.75, 3.05) is 53.1 Å². The second-order valence-corrected chi connectivity index (χ2v) is 7.75. The van der Waals surface area contributed by atoms with Crippen LogP contribution in [-0.2, 0) is 33.4 Å². The highest BCUT2D eigenvalue weighted by atomic mass is 16.5. The number of hydrogen-bond donors (Lipinski definition) is 5. The number of primary amides is 1. The van der Waals surface area contributed by atoms with Gasteiger partial charge in [-0.25, -0.2) is 0 Å². The summed E-state index contributed by atoms with van der Waals surface area (Å²) in [6.45, 7) is 4.79. The molecular formula is C22H41N5O7. The van der Waals surface area contributed by atoms with Gasteiger partial charge in [-0.05, 0) is 33.2 Å². The zero-order chi connectivity index (χ0) is 25.6. The van der Waals surface area contributed by atoms with E-state index in [2.05, 4.69) is 21.3 Å². The van der Waals surface area contributed by atoms with Gasteiger partial charge in [-0.3, -0.25) is 19.2 Å². The fourth-order valence-corrected chi connectivity index (χ4v) is 2.71. The third kappa shape index (κ3) is 20.1. The molecule has 0 aromatic heterocycles. The van der Waals surface area contributed by atoms with Gasteiger partial charge in [0, 0.05) is 45.3 Å². The van der Waals surface area contributed by atoms with Crippen molar-refractivity contribution < 1.29 is 33.4 Å². The minimum absolute atomic E-state index is 0.0171. The average molecular weight is 488 g/mol. The van der Waals surface area contributed by atoms with Crippen LogP contribution in [0, 0.1) is 0 Å². The Morgan fingerprint density at radius 3 is 1.88 bits per heavy atom. The molecule has 0 aliphatic rings. The van der Waals surface area contributed by atoms with E-state index in [4.69, 9.17) is 15.2 Å². The molecule has 12 nitrogen and oxygen atoms in total. The molecule has 0 aliphatic carbocycles. The minimum atomic E-state index is -0.840. The second-order valence-electron chi connectivity index (χ2n) is 7.75. The molecule has 0 spiro atoms. The van der Waals surface area contributed by atoms with E-state index < -0.39 is 17.9 Å². The molecule has 0 radical (unpaired) electrons. The van der Waals surface area contributed by atoms with E-state index in [-0.39, 0.29) is 43.3 Å². The Labute approximate surface area is 201 Å². The highest BCUT2D eigenvalue weighted by Gasteiger charge is 2.18. The molecule has 0 saturated heterocycles. The van der Waals surface area contributed by atoms with Crippen LogP contribution in [0.1, 0.15) is 51.9 Å². The number of nitrogens with two attached hydrogens (primary N) is 1. The van der Waals surface area contributed by atoms with E-state index in [1.807, 2.05) is 7.05 Å². The number of carbonyl (C=O) groups excluding carboxylic acids is 5. The Morgan fingerprint density at radius 1 is 0.735 bits per heavy atom. The molecular weight excluding hydrogens is 446 g/mol. The monoisotopic (exact) mass is 487 g/mol. The smallest absolute Gasteiger partial charge is 0.239 e. The Morgan fingerprint density at radius 2 is 1.29 bits per heavy atom. The van der Waals surface area contributed by atoms with E-state index in [0.717, 1.165) is 6.54 Å². The van der Waals surface area contributed by atoms with Crippen molar-refractivity contribution in [3.05, 3.63) is 0 Å². The minimum Gasteiger partial charge on any atom is -0.378 e. The lowest BCUT2D eigenvalue weighted by Crippen LogP contribution is -2.44. The lowest BCUT2D eigenvalue weighted by atomic mass is 10.1. The van der Waals surface area contributed by atoms with E-state index in [9.17, 15) is 24.0 Å². The van der Waals surface area contributed by atoms with Crippen LogP contribution in [0.3, 0.4) is 0 Å². The second kappa shape index (κ2) is 21.0. The SMILES string of the molecule is CNCCOCCOCCNC(=O)CCC(=O)N[C@@H](CCCCNC(=O)CCC(C)=O)C(N)=O. The lowest BCUT2D eigenvalue weighted by Gasteiger charge is -2.15. The number of unbranched alkanes of at least 4 members (excludes halogenated alkanes) is 1. The Hall–Kier alpha value is -2.57. The molecule has 0 rings (SSSR count). The highest BCUT2D eigenvalue weighted by molar-refractivity contribution is 5.88. The number of hydrogen-bond acceptors (Lipinski definition) is 8. The first-order valence-electron chi connectivity index (χ1n) is 11.7. The van der Waals surface area contributed by atoms with Crippen LogP contribution >= 0.6 is 0 Å². The topological polar surface area (TPSA) is 178 Å². The Bertz CT molecular complexity index is 631. The number of rotatable bonds is 22. The van der Waals surface area contributed by atoms with E-state index in [1.54, 1.807) is 0 Å². The van der Waals surface area contributed by atoms with Crippen molar-refractivity contribution in [2.45, 2.75) is 57.9 Å². The third-order valence-electron chi connectivity index (χ3n) is 4.64. The van der Waals surface area contributed by atoms with Crippen LogP contribution < -0.4 is 27.0 Å². The molecule has 0 unspecified atom stereocenters. The molecule has 34 heavy (non-hydrogen) atoms. The van der Waals surface area contributed by atoms with Crippen molar-refractivity contribution in [3.8, 4) is 0 Å². The summed E-state index contributed by atoms with van der Waals surface area (Å²) < 4.78 is 10.6. The van der Waals surface area contributed by atoms with Crippen molar-refractivity contribution in [3.63, 3.8) is 0 Å². The van der Waals surface area contributed by atoms with Gasteiger partial charge in [-0.2, -0.15) is 0 Å². The van der Waals surface area contributed by atoms with Gasteiger partial charge < -0.3 is 41.3 Å². The molecule has 12 heteroatoms. The molecule has 0 saturated carbocycles. The zero-order valence-corrected chi connectivity index (χ0v) is 20.4. The average Bonchev–Trinajstić information content (AvgIpc) is 2.79. The summed E-state index contributed by atoms with van der Waals surface area (Å²) in [4.78, 5) is 57.9. The largest absolute Gasteiger partial charge is 0.378 e. The molecule has 196 valence electrons. The molecule has 0 fully saturated rings. The summed E-state index contributed by atoms with van der Waals surface area (Å²) in [5, 5.41) is 10.9. The van der Waals surface area contributed by atoms with Crippen molar-refractivity contribution in [2.24, 2.45) is 5.73 Å². The van der Waals surface area contributed by atoms with Gasteiger partial charge >= 0.3 is 0 Å². The molecule has 0 aliphatic heterocycles. The Kier molecular flexibility index (Phi) is 19.4. The highest BCUT2D eigenvalue weighted by Crippen LogP contribution is 2.02. The normalized spacial score (nSPS) is 11.5. The summed E-state index contributed by atoms with van der Waals surface area (Å²) in [5.74, 6) is -1.63. The van der Waals surface area contributed by atoms with E-state index in [1.165, 1.54) is 6.92 Å². The zero-order valence-electron chi connectivity index (χ0n) is 20.4. The van der Waals surface area contributed by atoms with Crippen LogP contribution in [0.2, 0.25) is 0 Å².